The first kappa shape index (κ1) is 12.8. The fourth-order valence-corrected chi connectivity index (χ4v) is 2.14. The lowest BCUT2D eigenvalue weighted by molar-refractivity contribution is -0.118. The highest BCUT2D eigenvalue weighted by Crippen LogP contribution is 2.23. The highest BCUT2D eigenvalue weighted by molar-refractivity contribution is 6.42. The minimum Gasteiger partial charge on any atom is -0.373 e. The molecule has 0 bridgehead atoms. The van der Waals surface area contributed by atoms with Gasteiger partial charge in [0.15, 0.2) is 0 Å². The lowest BCUT2D eigenvalue weighted by atomic mass is 10.0. The zero-order chi connectivity index (χ0) is 13.2. The molecule has 1 atom stereocenters. The van der Waals surface area contributed by atoms with Crippen molar-refractivity contribution >= 4 is 11.7 Å². The molecule has 1 aliphatic heterocycles. The third-order valence-corrected chi connectivity index (χ3v) is 3.31. The number of rotatable bonds is 4. The normalized spacial score (nSPS) is 23.0. The Kier molecular flexibility index (Phi) is 3.52. The van der Waals surface area contributed by atoms with E-state index in [0.717, 1.165) is 19.4 Å². The molecule has 1 saturated heterocycles. The van der Waals surface area contributed by atoms with Gasteiger partial charge in [0.2, 0.25) is 0 Å². The SMILES string of the molecule is Cn1cccc1C(=O)C(=O)NC[C@@]1(C)CCCO1. The van der Waals surface area contributed by atoms with Gasteiger partial charge in [-0.25, -0.2) is 0 Å². The molecule has 1 N–H and O–H groups in total. The summed E-state index contributed by atoms with van der Waals surface area (Å²) in [5.41, 5.74) is 0.0643. The largest absolute Gasteiger partial charge is 0.373 e. The van der Waals surface area contributed by atoms with Crippen LogP contribution in [-0.4, -0.2) is 35.0 Å². The molecule has 2 heterocycles. The van der Waals surface area contributed by atoms with E-state index in [9.17, 15) is 9.59 Å². The van der Waals surface area contributed by atoms with Gasteiger partial charge in [0, 0.05) is 26.4 Å². The zero-order valence-electron chi connectivity index (χ0n) is 10.7. The maximum absolute atomic E-state index is 11.9. The van der Waals surface area contributed by atoms with E-state index in [2.05, 4.69) is 5.32 Å². The molecule has 0 spiro atoms. The summed E-state index contributed by atoms with van der Waals surface area (Å²) >= 11 is 0. The fraction of sp³-hybridized carbons (Fsp3) is 0.538. The number of ether oxygens (including phenoxy) is 1. The summed E-state index contributed by atoms with van der Waals surface area (Å²) in [6.45, 7) is 3.05. The van der Waals surface area contributed by atoms with Crippen LogP contribution in [0.2, 0.25) is 0 Å². The van der Waals surface area contributed by atoms with Crippen LogP contribution in [0.15, 0.2) is 18.3 Å². The summed E-state index contributed by atoms with van der Waals surface area (Å²) in [5.74, 6) is -1.09. The van der Waals surface area contributed by atoms with Crippen LogP contribution in [0.3, 0.4) is 0 Å². The van der Waals surface area contributed by atoms with Crippen LogP contribution in [0.4, 0.5) is 0 Å². The van der Waals surface area contributed by atoms with Crippen LogP contribution in [0.25, 0.3) is 0 Å². The molecule has 0 aromatic carbocycles. The van der Waals surface area contributed by atoms with Crippen LogP contribution in [-0.2, 0) is 16.6 Å². The highest BCUT2D eigenvalue weighted by Gasteiger charge is 2.31. The summed E-state index contributed by atoms with van der Waals surface area (Å²) < 4.78 is 7.19. The summed E-state index contributed by atoms with van der Waals surface area (Å²) in [5, 5.41) is 2.65. The number of ketones is 1. The zero-order valence-corrected chi connectivity index (χ0v) is 10.7. The lowest BCUT2D eigenvalue weighted by Gasteiger charge is -2.23. The Morgan fingerprint density at radius 3 is 2.89 bits per heavy atom. The Labute approximate surface area is 106 Å². The number of aryl methyl sites for hydroxylation is 1. The lowest BCUT2D eigenvalue weighted by Crippen LogP contribution is -2.43. The average molecular weight is 250 g/mol. The molecule has 18 heavy (non-hydrogen) atoms. The van der Waals surface area contributed by atoms with Crippen LogP contribution in [0.1, 0.15) is 30.3 Å². The van der Waals surface area contributed by atoms with Crippen molar-refractivity contribution in [3.63, 3.8) is 0 Å². The van der Waals surface area contributed by atoms with E-state index in [1.807, 2.05) is 6.92 Å². The molecule has 2 rings (SSSR count). The van der Waals surface area contributed by atoms with Gasteiger partial charge in [-0.2, -0.15) is 0 Å². The van der Waals surface area contributed by atoms with Gasteiger partial charge in [-0.1, -0.05) is 0 Å². The minimum atomic E-state index is -0.575. The van der Waals surface area contributed by atoms with Crippen molar-refractivity contribution in [2.75, 3.05) is 13.2 Å². The predicted molar refractivity (Wildman–Crippen MR) is 66.3 cm³/mol. The molecule has 5 nitrogen and oxygen atoms in total. The molecular weight excluding hydrogens is 232 g/mol. The molecule has 98 valence electrons. The number of hydrogen-bond donors (Lipinski definition) is 1. The first-order valence-corrected chi connectivity index (χ1v) is 6.10. The quantitative estimate of drug-likeness (QED) is 0.638. The van der Waals surface area contributed by atoms with E-state index in [1.54, 1.807) is 29.9 Å². The number of Topliss-reactive ketones (excluding diaryl/α,β-unsaturated/α-hetero) is 1. The molecule has 1 aliphatic rings. The fourth-order valence-electron chi connectivity index (χ4n) is 2.14. The topological polar surface area (TPSA) is 60.3 Å². The van der Waals surface area contributed by atoms with E-state index in [0.29, 0.717) is 12.2 Å². The van der Waals surface area contributed by atoms with Gasteiger partial charge in [0.05, 0.1) is 11.3 Å². The van der Waals surface area contributed by atoms with Crippen molar-refractivity contribution in [3.05, 3.63) is 24.0 Å². The Hall–Kier alpha value is -1.62. The number of carbonyl (C=O) groups excluding carboxylic acids is 2. The smallest absolute Gasteiger partial charge is 0.294 e. The van der Waals surface area contributed by atoms with Crippen LogP contribution in [0, 0.1) is 0 Å². The van der Waals surface area contributed by atoms with Crippen LogP contribution < -0.4 is 5.32 Å². The summed E-state index contributed by atoms with van der Waals surface area (Å²) in [6.07, 6.45) is 3.64. The molecule has 0 unspecified atom stereocenters. The second kappa shape index (κ2) is 4.94. The summed E-state index contributed by atoms with van der Waals surface area (Å²) in [4.78, 5) is 23.6. The molecule has 0 saturated carbocycles. The van der Waals surface area contributed by atoms with Gasteiger partial charge in [-0.05, 0) is 31.9 Å². The van der Waals surface area contributed by atoms with Crippen molar-refractivity contribution in [3.8, 4) is 0 Å². The van der Waals surface area contributed by atoms with Gasteiger partial charge >= 0.3 is 0 Å². The third kappa shape index (κ3) is 2.61. The summed E-state index contributed by atoms with van der Waals surface area (Å²) in [7, 11) is 1.74. The number of nitrogens with one attached hydrogen (secondary N) is 1. The molecule has 1 aromatic heterocycles. The van der Waals surface area contributed by atoms with Gasteiger partial charge in [-0.15, -0.1) is 0 Å². The van der Waals surface area contributed by atoms with Crippen LogP contribution >= 0.6 is 0 Å². The second-order valence-electron chi connectivity index (χ2n) is 4.92. The molecular formula is C13H18N2O3. The maximum Gasteiger partial charge on any atom is 0.294 e. The minimum absolute atomic E-state index is 0.329. The first-order valence-electron chi connectivity index (χ1n) is 6.10. The Balaban J connectivity index is 1.92. The van der Waals surface area contributed by atoms with E-state index in [4.69, 9.17) is 4.74 Å². The van der Waals surface area contributed by atoms with Crippen molar-refractivity contribution in [1.29, 1.82) is 0 Å². The van der Waals surface area contributed by atoms with Crippen LogP contribution in [0.5, 0.6) is 0 Å². The average Bonchev–Trinajstić information content (AvgIpc) is 2.95. The number of hydrogen-bond acceptors (Lipinski definition) is 3. The van der Waals surface area contributed by atoms with Gasteiger partial charge in [0.25, 0.3) is 11.7 Å². The number of carbonyl (C=O) groups is 2. The number of aromatic nitrogens is 1. The maximum atomic E-state index is 11.9. The third-order valence-electron chi connectivity index (χ3n) is 3.31. The molecule has 5 heteroatoms. The summed E-state index contributed by atoms with van der Waals surface area (Å²) in [6, 6.07) is 3.37. The molecule has 0 aliphatic carbocycles. The van der Waals surface area contributed by atoms with Gasteiger partial charge < -0.3 is 14.6 Å². The number of amides is 1. The Morgan fingerprint density at radius 2 is 2.33 bits per heavy atom. The Morgan fingerprint density at radius 1 is 1.56 bits per heavy atom. The standard InChI is InChI=1S/C13H18N2O3/c1-13(6-4-8-18-13)9-14-12(17)11(16)10-5-3-7-15(10)2/h3,5,7H,4,6,8-9H2,1-2H3,(H,14,17)/t13-/m1/s1. The molecule has 1 fully saturated rings. The van der Waals surface area contributed by atoms with Crippen molar-refractivity contribution < 1.29 is 14.3 Å². The number of nitrogens with zero attached hydrogens (tertiary/aromatic N) is 1. The van der Waals surface area contributed by atoms with Gasteiger partial charge in [-0.3, -0.25) is 9.59 Å². The predicted octanol–water partition coefficient (Wildman–Crippen LogP) is 0.893. The van der Waals surface area contributed by atoms with E-state index >= 15 is 0 Å². The van der Waals surface area contributed by atoms with Gasteiger partial charge in [0.1, 0.15) is 0 Å². The van der Waals surface area contributed by atoms with E-state index in [-0.39, 0.29) is 5.60 Å². The molecule has 1 amide bonds. The second-order valence-corrected chi connectivity index (χ2v) is 4.92. The molecule has 1 aromatic rings. The highest BCUT2D eigenvalue weighted by atomic mass is 16.5. The Bertz CT molecular complexity index is 459. The van der Waals surface area contributed by atoms with Crippen molar-refractivity contribution in [2.24, 2.45) is 7.05 Å². The van der Waals surface area contributed by atoms with E-state index in [1.165, 1.54) is 0 Å². The molecule has 0 radical (unpaired) electrons. The van der Waals surface area contributed by atoms with Crippen molar-refractivity contribution in [2.45, 2.75) is 25.4 Å². The first-order chi connectivity index (χ1) is 8.52. The monoisotopic (exact) mass is 250 g/mol. The van der Waals surface area contributed by atoms with Crippen molar-refractivity contribution in [1.82, 2.24) is 9.88 Å². The van der Waals surface area contributed by atoms with E-state index < -0.39 is 11.7 Å².